The van der Waals surface area contributed by atoms with E-state index in [1.807, 2.05) is 11.0 Å². The number of hydrogen-bond acceptors (Lipinski definition) is 5. The molecule has 0 aromatic heterocycles. The highest BCUT2D eigenvalue weighted by molar-refractivity contribution is 5.89. The smallest absolute Gasteiger partial charge is 0.246 e. The van der Waals surface area contributed by atoms with Gasteiger partial charge in [-0.25, -0.2) is 0 Å². The Balaban J connectivity index is 1.27. The Bertz CT molecular complexity index is 1160. The molecule has 3 saturated carbocycles. The van der Waals surface area contributed by atoms with Crippen molar-refractivity contribution < 1.29 is 19.4 Å². The van der Waals surface area contributed by atoms with Gasteiger partial charge < -0.3 is 19.5 Å². The Hall–Kier alpha value is -2.05. The van der Waals surface area contributed by atoms with Gasteiger partial charge in [-0.1, -0.05) is 11.6 Å². The summed E-state index contributed by atoms with van der Waals surface area (Å²) in [6, 6.07) is 4.43. The summed E-state index contributed by atoms with van der Waals surface area (Å²) in [7, 11) is 1.72. The van der Waals surface area contributed by atoms with Crippen molar-refractivity contribution in [2.75, 3.05) is 33.3 Å². The fourth-order valence-electron chi connectivity index (χ4n) is 8.93. The molecule has 186 valence electrons. The minimum absolute atomic E-state index is 0.131. The number of carbonyl (C=O) groups is 1. The number of fused-ring (bicyclic) bond motifs is 1. The molecule has 1 amide bonds. The fourth-order valence-corrected chi connectivity index (χ4v) is 8.93. The molecule has 1 aromatic rings. The highest BCUT2D eigenvalue weighted by Gasteiger charge is 2.77. The van der Waals surface area contributed by atoms with Gasteiger partial charge in [-0.05, 0) is 81.9 Å². The van der Waals surface area contributed by atoms with Gasteiger partial charge >= 0.3 is 0 Å². The molecule has 3 aliphatic heterocycles. The van der Waals surface area contributed by atoms with E-state index in [4.69, 9.17) is 9.47 Å². The van der Waals surface area contributed by atoms with Gasteiger partial charge in [0.25, 0.3) is 0 Å². The lowest BCUT2D eigenvalue weighted by Gasteiger charge is -2.68. The maximum Gasteiger partial charge on any atom is 0.246 e. The second kappa shape index (κ2) is 6.83. The second-order valence-electron chi connectivity index (χ2n) is 12.4. The Morgan fingerprint density at radius 1 is 1.20 bits per heavy atom. The number of carbonyl (C=O) groups excluding carboxylic acids is 1. The monoisotopic (exact) mass is 476 g/mol. The number of piperidine rings is 1. The van der Waals surface area contributed by atoms with Gasteiger partial charge in [-0.3, -0.25) is 9.69 Å². The SMILES string of the molecule is COc1ccc2c3c1O[C@H]1[C@@]4(CC/C4=C\C(=O)N4CCC4)CC[C@@]4(O)[C@@H](C2)N(CC2CC2)CC[C@]314. The number of methoxy groups -OCH3 is 1. The van der Waals surface area contributed by atoms with Crippen LogP contribution in [0.15, 0.2) is 23.8 Å². The first kappa shape index (κ1) is 21.1. The summed E-state index contributed by atoms with van der Waals surface area (Å²) in [6.07, 6.45) is 11.1. The van der Waals surface area contributed by atoms with Gasteiger partial charge in [-0.15, -0.1) is 0 Å². The quantitative estimate of drug-likeness (QED) is 0.677. The van der Waals surface area contributed by atoms with Crippen molar-refractivity contribution in [3.05, 3.63) is 34.9 Å². The molecule has 8 rings (SSSR count). The molecule has 6 heteroatoms. The molecular formula is C29H36N2O4. The van der Waals surface area contributed by atoms with Crippen LogP contribution in [0.5, 0.6) is 11.5 Å². The van der Waals surface area contributed by atoms with Crippen molar-refractivity contribution in [1.82, 2.24) is 9.80 Å². The van der Waals surface area contributed by atoms with Gasteiger partial charge in [-0.2, -0.15) is 0 Å². The highest BCUT2D eigenvalue weighted by Crippen LogP contribution is 2.73. The molecule has 35 heavy (non-hydrogen) atoms. The van der Waals surface area contributed by atoms with E-state index < -0.39 is 11.0 Å². The second-order valence-corrected chi connectivity index (χ2v) is 12.4. The molecule has 2 saturated heterocycles. The van der Waals surface area contributed by atoms with Crippen molar-refractivity contribution in [2.24, 2.45) is 11.3 Å². The summed E-state index contributed by atoms with van der Waals surface area (Å²) in [5.41, 5.74) is 2.43. The summed E-state index contributed by atoms with van der Waals surface area (Å²) in [4.78, 5) is 17.5. The molecule has 5 atom stereocenters. The number of likely N-dealkylation sites (tertiary alicyclic amines) is 2. The number of benzene rings is 1. The lowest BCUT2D eigenvalue weighted by molar-refractivity contribution is -0.218. The van der Waals surface area contributed by atoms with Crippen LogP contribution in [0.1, 0.15) is 62.5 Å². The third kappa shape index (κ3) is 2.46. The predicted octanol–water partition coefficient (Wildman–Crippen LogP) is 3.20. The van der Waals surface area contributed by atoms with E-state index in [1.54, 1.807) is 7.11 Å². The van der Waals surface area contributed by atoms with E-state index in [2.05, 4.69) is 17.0 Å². The van der Waals surface area contributed by atoms with Crippen molar-refractivity contribution in [2.45, 2.75) is 80.9 Å². The summed E-state index contributed by atoms with van der Waals surface area (Å²) >= 11 is 0. The van der Waals surface area contributed by atoms with E-state index in [0.717, 1.165) is 88.5 Å². The predicted molar refractivity (Wildman–Crippen MR) is 131 cm³/mol. The molecule has 2 bridgehead atoms. The molecule has 5 fully saturated rings. The average molecular weight is 477 g/mol. The Labute approximate surface area is 207 Å². The Kier molecular flexibility index (Phi) is 4.11. The molecule has 7 aliphatic rings. The van der Waals surface area contributed by atoms with Crippen LogP contribution in [-0.4, -0.2) is 71.8 Å². The first-order valence-electron chi connectivity index (χ1n) is 13.8. The summed E-state index contributed by atoms with van der Waals surface area (Å²) in [6.45, 7) is 3.89. The largest absolute Gasteiger partial charge is 0.493 e. The van der Waals surface area contributed by atoms with Crippen molar-refractivity contribution in [1.29, 1.82) is 0 Å². The Morgan fingerprint density at radius 2 is 2.06 bits per heavy atom. The zero-order valence-electron chi connectivity index (χ0n) is 20.7. The lowest BCUT2D eigenvalue weighted by atomic mass is 9.40. The third-order valence-electron chi connectivity index (χ3n) is 11.1. The van der Waals surface area contributed by atoms with E-state index in [0.29, 0.717) is 0 Å². The summed E-state index contributed by atoms with van der Waals surface area (Å²) in [5.74, 6) is 2.62. The zero-order chi connectivity index (χ0) is 23.6. The van der Waals surface area contributed by atoms with Crippen LogP contribution < -0.4 is 9.47 Å². The molecule has 2 spiro atoms. The molecule has 6 nitrogen and oxygen atoms in total. The number of hydrogen-bond donors (Lipinski definition) is 1. The molecular weight excluding hydrogens is 440 g/mol. The van der Waals surface area contributed by atoms with Gasteiger partial charge in [0.15, 0.2) is 11.5 Å². The van der Waals surface area contributed by atoms with Crippen LogP contribution in [0.4, 0.5) is 0 Å². The van der Waals surface area contributed by atoms with Crippen LogP contribution in [0.25, 0.3) is 0 Å². The molecule has 1 aromatic carbocycles. The first-order chi connectivity index (χ1) is 17.0. The fraction of sp³-hybridized carbons (Fsp3) is 0.690. The summed E-state index contributed by atoms with van der Waals surface area (Å²) < 4.78 is 12.8. The number of nitrogens with zero attached hydrogens (tertiary/aromatic N) is 2. The molecule has 0 radical (unpaired) electrons. The van der Waals surface area contributed by atoms with E-state index >= 15 is 0 Å². The van der Waals surface area contributed by atoms with E-state index in [-0.39, 0.29) is 23.5 Å². The molecule has 3 heterocycles. The maximum absolute atomic E-state index is 13.0. The van der Waals surface area contributed by atoms with Crippen LogP contribution in [0.2, 0.25) is 0 Å². The topological polar surface area (TPSA) is 62.2 Å². The molecule has 0 unspecified atom stereocenters. The van der Waals surface area contributed by atoms with Gasteiger partial charge in [0.2, 0.25) is 5.91 Å². The lowest BCUT2D eigenvalue weighted by Crippen LogP contribution is -2.78. The van der Waals surface area contributed by atoms with E-state index in [9.17, 15) is 9.90 Å². The number of ether oxygens (including phenoxy) is 2. The molecule has 4 aliphatic carbocycles. The maximum atomic E-state index is 13.0. The summed E-state index contributed by atoms with van der Waals surface area (Å²) in [5, 5.41) is 12.8. The van der Waals surface area contributed by atoms with Crippen LogP contribution in [-0.2, 0) is 16.6 Å². The van der Waals surface area contributed by atoms with Crippen molar-refractivity contribution >= 4 is 5.91 Å². The Morgan fingerprint density at radius 3 is 2.74 bits per heavy atom. The third-order valence-corrected chi connectivity index (χ3v) is 11.1. The van der Waals surface area contributed by atoms with Gasteiger partial charge in [0, 0.05) is 42.7 Å². The van der Waals surface area contributed by atoms with Crippen molar-refractivity contribution in [3.63, 3.8) is 0 Å². The van der Waals surface area contributed by atoms with E-state index in [1.165, 1.54) is 29.5 Å². The normalized spacial score (nSPS) is 41.8. The van der Waals surface area contributed by atoms with Gasteiger partial charge in [0.1, 0.15) is 6.10 Å². The average Bonchev–Trinajstić information content (AvgIpc) is 3.55. The van der Waals surface area contributed by atoms with Crippen LogP contribution >= 0.6 is 0 Å². The van der Waals surface area contributed by atoms with Crippen molar-refractivity contribution in [3.8, 4) is 11.5 Å². The number of rotatable bonds is 4. The molecule has 1 N–H and O–H groups in total. The van der Waals surface area contributed by atoms with Gasteiger partial charge in [0.05, 0.1) is 18.1 Å². The number of amides is 1. The standard InChI is InChI=1S/C29H36N2O4/c1-34-21-6-5-19-15-22-29(33)10-9-27(8-7-20(27)16-23(32)30-12-2-13-30)26-28(29,24(19)25(21)35-26)11-14-31(22)17-18-3-4-18/h5-6,16,18,22,26,33H,2-4,7-15,17H2,1H3/b20-16+/t22-,26+,27+,28+,29-/m1/s1. The highest BCUT2D eigenvalue weighted by atomic mass is 16.5. The number of aliphatic hydroxyl groups is 1. The van der Waals surface area contributed by atoms with Crippen LogP contribution in [0, 0.1) is 11.3 Å². The first-order valence-corrected chi connectivity index (χ1v) is 13.8. The minimum atomic E-state index is -0.803. The minimum Gasteiger partial charge on any atom is -0.493 e. The zero-order valence-corrected chi connectivity index (χ0v) is 20.7. The van der Waals surface area contributed by atoms with Crippen LogP contribution in [0.3, 0.4) is 0 Å².